The van der Waals surface area contributed by atoms with Crippen LogP contribution < -0.4 is 5.56 Å². The quantitative estimate of drug-likeness (QED) is 0.738. The highest BCUT2D eigenvalue weighted by Crippen LogP contribution is 2.24. The molecule has 1 N–H and O–H groups in total. The number of aromatic amines is 1. The summed E-state index contributed by atoms with van der Waals surface area (Å²) in [7, 11) is 0. The van der Waals surface area contributed by atoms with E-state index in [9.17, 15) is 4.79 Å². The summed E-state index contributed by atoms with van der Waals surface area (Å²) < 4.78 is 0. The molecular weight excluding hydrogens is 221 g/mol. The predicted octanol–water partition coefficient (Wildman–Crippen LogP) is 3.14. The molecule has 4 heteroatoms. The zero-order chi connectivity index (χ0) is 10.3. The van der Waals surface area contributed by atoms with Gasteiger partial charge in [0.05, 0.1) is 5.02 Å². The fourth-order valence-electron chi connectivity index (χ4n) is 1.39. The molecule has 0 aliphatic rings. The number of nitrogens with one attached hydrogen (secondary N) is 1. The monoisotopic (exact) mass is 227 g/mol. The summed E-state index contributed by atoms with van der Waals surface area (Å²) in [5.41, 5.74) is 0.510. The maximum absolute atomic E-state index is 11.5. The van der Waals surface area contributed by atoms with Crippen LogP contribution in [0.3, 0.4) is 0 Å². The van der Waals surface area contributed by atoms with Crippen LogP contribution in [0.5, 0.6) is 0 Å². The highest BCUT2D eigenvalue weighted by Gasteiger charge is 2.06. The SMILES string of the molecule is Cc1[nH]c(=O)c2cc(Cl)ccc2c1Cl. The largest absolute Gasteiger partial charge is 0.324 e. The van der Waals surface area contributed by atoms with Gasteiger partial charge in [0.25, 0.3) is 5.56 Å². The third-order valence-corrected chi connectivity index (χ3v) is 2.82. The van der Waals surface area contributed by atoms with Gasteiger partial charge in [-0.1, -0.05) is 29.3 Å². The number of aromatic nitrogens is 1. The molecule has 0 radical (unpaired) electrons. The van der Waals surface area contributed by atoms with Crippen LogP contribution >= 0.6 is 23.2 Å². The van der Waals surface area contributed by atoms with Crippen molar-refractivity contribution in [3.05, 3.63) is 44.3 Å². The second kappa shape index (κ2) is 3.30. The van der Waals surface area contributed by atoms with Crippen molar-refractivity contribution >= 4 is 34.0 Å². The Bertz CT molecular complexity index is 560. The topological polar surface area (TPSA) is 32.9 Å². The number of hydrogen-bond acceptors (Lipinski definition) is 1. The molecule has 72 valence electrons. The molecule has 2 nitrogen and oxygen atoms in total. The van der Waals surface area contributed by atoms with Crippen LogP contribution in [0.15, 0.2) is 23.0 Å². The number of fused-ring (bicyclic) bond motifs is 1. The number of H-pyrrole nitrogens is 1. The third-order valence-electron chi connectivity index (χ3n) is 2.09. The van der Waals surface area contributed by atoms with E-state index < -0.39 is 0 Å². The molecule has 0 unspecified atom stereocenters. The average Bonchev–Trinajstić information content (AvgIpc) is 2.14. The first kappa shape index (κ1) is 9.56. The van der Waals surface area contributed by atoms with Crippen LogP contribution in [0, 0.1) is 6.92 Å². The number of benzene rings is 1. The van der Waals surface area contributed by atoms with Gasteiger partial charge in [0.15, 0.2) is 0 Å². The van der Waals surface area contributed by atoms with Crippen LogP contribution in [-0.2, 0) is 0 Å². The van der Waals surface area contributed by atoms with Crippen molar-refractivity contribution in [1.29, 1.82) is 0 Å². The van der Waals surface area contributed by atoms with Crippen LogP contribution in [0.1, 0.15) is 5.69 Å². The van der Waals surface area contributed by atoms with Gasteiger partial charge in [-0.3, -0.25) is 4.79 Å². The molecule has 0 bridgehead atoms. The summed E-state index contributed by atoms with van der Waals surface area (Å²) in [4.78, 5) is 14.2. The molecular formula is C10H7Cl2NO. The van der Waals surface area contributed by atoms with Gasteiger partial charge in [0.1, 0.15) is 0 Å². The smallest absolute Gasteiger partial charge is 0.256 e. The fourth-order valence-corrected chi connectivity index (χ4v) is 1.77. The Morgan fingerprint density at radius 3 is 2.64 bits per heavy atom. The average molecular weight is 228 g/mol. The highest BCUT2D eigenvalue weighted by atomic mass is 35.5. The van der Waals surface area contributed by atoms with E-state index in [1.165, 1.54) is 0 Å². The first-order valence-corrected chi connectivity index (χ1v) is 4.83. The van der Waals surface area contributed by atoms with E-state index in [-0.39, 0.29) is 5.56 Å². The zero-order valence-electron chi connectivity index (χ0n) is 7.40. The van der Waals surface area contributed by atoms with Gasteiger partial charge in [-0.15, -0.1) is 0 Å². The fraction of sp³-hybridized carbons (Fsp3) is 0.100. The number of pyridine rings is 1. The molecule has 14 heavy (non-hydrogen) atoms. The van der Waals surface area contributed by atoms with E-state index in [0.29, 0.717) is 21.1 Å². The van der Waals surface area contributed by atoms with Crippen molar-refractivity contribution < 1.29 is 0 Å². The van der Waals surface area contributed by atoms with Crippen molar-refractivity contribution in [3.8, 4) is 0 Å². The summed E-state index contributed by atoms with van der Waals surface area (Å²) >= 11 is 11.8. The maximum atomic E-state index is 11.5. The third kappa shape index (κ3) is 1.41. The maximum Gasteiger partial charge on any atom is 0.256 e. The first-order chi connectivity index (χ1) is 6.59. The Morgan fingerprint density at radius 2 is 1.93 bits per heavy atom. The van der Waals surface area contributed by atoms with E-state index >= 15 is 0 Å². The molecule has 1 heterocycles. The van der Waals surface area contributed by atoms with E-state index in [0.717, 1.165) is 5.39 Å². The molecule has 2 rings (SSSR count). The lowest BCUT2D eigenvalue weighted by molar-refractivity contribution is 1.17. The van der Waals surface area contributed by atoms with Crippen molar-refractivity contribution in [3.63, 3.8) is 0 Å². The van der Waals surface area contributed by atoms with Crippen molar-refractivity contribution in [2.45, 2.75) is 6.92 Å². The van der Waals surface area contributed by atoms with E-state index in [4.69, 9.17) is 23.2 Å². The molecule has 0 saturated heterocycles. The normalized spacial score (nSPS) is 10.8. The Labute approximate surface area is 90.5 Å². The lowest BCUT2D eigenvalue weighted by Crippen LogP contribution is -2.08. The summed E-state index contributed by atoms with van der Waals surface area (Å²) in [5, 5.41) is 2.35. The van der Waals surface area contributed by atoms with E-state index in [2.05, 4.69) is 4.98 Å². The molecule has 0 amide bonds. The molecule has 0 aliphatic carbocycles. The Kier molecular flexibility index (Phi) is 2.25. The van der Waals surface area contributed by atoms with Gasteiger partial charge in [-0.25, -0.2) is 0 Å². The molecule has 0 spiro atoms. The summed E-state index contributed by atoms with van der Waals surface area (Å²) in [5.74, 6) is 0. The van der Waals surface area contributed by atoms with Crippen molar-refractivity contribution in [1.82, 2.24) is 4.98 Å². The van der Waals surface area contributed by atoms with Gasteiger partial charge >= 0.3 is 0 Å². The van der Waals surface area contributed by atoms with E-state index in [1.807, 2.05) is 0 Å². The highest BCUT2D eigenvalue weighted by molar-refractivity contribution is 6.36. The molecule has 2 aromatic rings. The second-order valence-electron chi connectivity index (χ2n) is 3.08. The van der Waals surface area contributed by atoms with Crippen LogP contribution in [0.4, 0.5) is 0 Å². The Morgan fingerprint density at radius 1 is 1.21 bits per heavy atom. The van der Waals surface area contributed by atoms with Crippen LogP contribution in [0.25, 0.3) is 10.8 Å². The molecule has 1 aromatic heterocycles. The van der Waals surface area contributed by atoms with Gasteiger partial charge < -0.3 is 4.98 Å². The second-order valence-corrected chi connectivity index (χ2v) is 3.90. The molecule has 0 aliphatic heterocycles. The Balaban J connectivity index is 3.02. The van der Waals surface area contributed by atoms with Gasteiger partial charge in [0, 0.05) is 21.5 Å². The number of rotatable bonds is 0. The summed E-state index contributed by atoms with van der Waals surface area (Å²) in [6, 6.07) is 5.08. The minimum absolute atomic E-state index is 0.163. The van der Waals surface area contributed by atoms with E-state index in [1.54, 1.807) is 25.1 Å². The van der Waals surface area contributed by atoms with Gasteiger partial charge in [0.2, 0.25) is 0 Å². The Hall–Kier alpha value is -0.990. The molecule has 1 aromatic carbocycles. The predicted molar refractivity (Wildman–Crippen MR) is 59.3 cm³/mol. The zero-order valence-corrected chi connectivity index (χ0v) is 8.91. The minimum atomic E-state index is -0.163. The van der Waals surface area contributed by atoms with Gasteiger partial charge in [-0.2, -0.15) is 0 Å². The lowest BCUT2D eigenvalue weighted by atomic mass is 10.1. The number of hydrogen-bond donors (Lipinski definition) is 1. The minimum Gasteiger partial charge on any atom is -0.324 e. The number of halogens is 2. The molecule has 0 fully saturated rings. The standard InChI is InChI=1S/C10H7Cl2NO/c1-5-9(12)7-3-2-6(11)4-8(7)10(14)13-5/h2-4H,1H3,(H,13,14). The van der Waals surface area contributed by atoms with Crippen molar-refractivity contribution in [2.75, 3.05) is 0 Å². The lowest BCUT2D eigenvalue weighted by Gasteiger charge is -2.03. The molecule has 0 saturated carbocycles. The summed E-state index contributed by atoms with van der Waals surface area (Å²) in [6.45, 7) is 1.76. The van der Waals surface area contributed by atoms with Crippen LogP contribution in [0.2, 0.25) is 10.0 Å². The van der Waals surface area contributed by atoms with Gasteiger partial charge in [-0.05, 0) is 19.1 Å². The number of aryl methyl sites for hydroxylation is 1. The summed E-state index contributed by atoms with van der Waals surface area (Å²) in [6.07, 6.45) is 0. The first-order valence-electron chi connectivity index (χ1n) is 4.07. The van der Waals surface area contributed by atoms with Crippen molar-refractivity contribution in [2.24, 2.45) is 0 Å². The molecule has 0 atom stereocenters. The van der Waals surface area contributed by atoms with Crippen LogP contribution in [-0.4, -0.2) is 4.98 Å².